The highest BCUT2D eigenvalue weighted by Crippen LogP contribution is 2.49. The number of amides is 1. The van der Waals surface area contributed by atoms with Crippen LogP contribution in [0.25, 0.3) is 10.9 Å². The molecular weight excluding hydrogens is 440 g/mol. The number of rotatable bonds is 6. The van der Waals surface area contributed by atoms with E-state index in [1.54, 1.807) is 7.11 Å². The molecule has 1 fully saturated rings. The fourth-order valence-corrected chi connectivity index (χ4v) is 6.02. The maximum atomic E-state index is 13.4. The Morgan fingerprint density at radius 1 is 1.17 bits per heavy atom. The smallest absolute Gasteiger partial charge is 0.237 e. The number of benzene rings is 2. The van der Waals surface area contributed by atoms with Crippen molar-refractivity contribution in [3.8, 4) is 5.75 Å². The largest absolute Gasteiger partial charge is 0.497 e. The van der Waals surface area contributed by atoms with Gasteiger partial charge >= 0.3 is 0 Å². The number of aliphatic hydroxyl groups excluding tert-OH is 1. The number of aromatic nitrogens is 1. The predicted octanol–water partition coefficient (Wildman–Crippen LogP) is 3.15. The molecule has 0 saturated carbocycles. The number of piperidine rings is 1. The number of H-pyrrole nitrogens is 1. The number of aromatic amines is 1. The number of hydrogen-bond donors (Lipinski definition) is 2. The second-order valence-electron chi connectivity index (χ2n) is 10.3. The van der Waals surface area contributed by atoms with Gasteiger partial charge in [-0.15, -0.1) is 0 Å². The molecule has 3 aromatic rings. The third-order valence-electron chi connectivity index (χ3n) is 7.75. The van der Waals surface area contributed by atoms with Crippen LogP contribution in [-0.4, -0.2) is 84.7 Å². The van der Waals surface area contributed by atoms with Gasteiger partial charge in [0.2, 0.25) is 5.91 Å². The lowest BCUT2D eigenvalue weighted by Gasteiger charge is -2.50. The molecule has 7 nitrogen and oxygen atoms in total. The van der Waals surface area contributed by atoms with E-state index in [2.05, 4.69) is 46.3 Å². The SMILES string of the molecule is COc1ccc2c3c([nH]c2c1)[C@@H](CO)N(C(=O)CN(C)C)CC31CCN(Cc2ccccc2)CC1. The van der Waals surface area contributed by atoms with Crippen molar-refractivity contribution >= 4 is 16.8 Å². The Hall–Kier alpha value is -2.87. The molecule has 5 rings (SSSR count). The second-order valence-corrected chi connectivity index (χ2v) is 10.3. The van der Waals surface area contributed by atoms with Gasteiger partial charge < -0.3 is 24.6 Å². The third kappa shape index (κ3) is 4.44. The van der Waals surface area contributed by atoms with Crippen LogP contribution in [-0.2, 0) is 16.8 Å². The van der Waals surface area contributed by atoms with Gasteiger partial charge in [-0.25, -0.2) is 0 Å². The number of carbonyl (C=O) groups is 1. The van der Waals surface area contributed by atoms with Crippen molar-refractivity contribution in [3.05, 3.63) is 65.4 Å². The van der Waals surface area contributed by atoms with E-state index in [1.807, 2.05) is 36.0 Å². The van der Waals surface area contributed by atoms with Crippen molar-refractivity contribution < 1.29 is 14.6 Å². The van der Waals surface area contributed by atoms with Crippen LogP contribution in [0.5, 0.6) is 5.75 Å². The van der Waals surface area contributed by atoms with Crippen LogP contribution in [0.2, 0.25) is 0 Å². The molecule has 2 aliphatic rings. The van der Waals surface area contributed by atoms with E-state index in [-0.39, 0.29) is 24.0 Å². The molecule has 0 unspecified atom stereocenters. The third-order valence-corrected chi connectivity index (χ3v) is 7.75. The molecule has 1 saturated heterocycles. The van der Waals surface area contributed by atoms with Crippen LogP contribution in [0.3, 0.4) is 0 Å². The average molecular weight is 477 g/mol. The summed E-state index contributed by atoms with van der Waals surface area (Å²) in [6.45, 7) is 3.74. The Labute approximate surface area is 207 Å². The summed E-state index contributed by atoms with van der Waals surface area (Å²) >= 11 is 0. The molecule has 186 valence electrons. The standard InChI is InChI=1S/C28H36N4O3/c1-30(2)17-25(34)32-19-28(11-13-31(14-12-28)16-20-7-5-4-6-8-20)26-22-10-9-21(35-3)15-23(22)29-27(26)24(32)18-33/h4-10,15,24,29,33H,11-14,16-19H2,1-3H3/t24-/m1/s1. The normalized spacial score (nSPS) is 19.9. The lowest BCUT2D eigenvalue weighted by molar-refractivity contribution is -0.138. The zero-order chi connectivity index (χ0) is 24.6. The van der Waals surface area contributed by atoms with Crippen LogP contribution in [0.4, 0.5) is 0 Å². The van der Waals surface area contributed by atoms with Gasteiger partial charge in [0.15, 0.2) is 0 Å². The number of ether oxygens (including phenoxy) is 1. The molecule has 3 heterocycles. The van der Waals surface area contributed by atoms with Gasteiger partial charge in [0.1, 0.15) is 5.75 Å². The maximum Gasteiger partial charge on any atom is 0.237 e. The Balaban J connectivity index is 1.53. The molecule has 0 radical (unpaired) electrons. The summed E-state index contributed by atoms with van der Waals surface area (Å²) in [6, 6.07) is 16.4. The minimum absolute atomic E-state index is 0.0574. The van der Waals surface area contributed by atoms with E-state index >= 15 is 0 Å². The summed E-state index contributed by atoms with van der Waals surface area (Å²) in [5.74, 6) is 0.853. The molecule has 0 bridgehead atoms. The van der Waals surface area contributed by atoms with E-state index in [1.165, 1.54) is 16.5 Å². The highest BCUT2D eigenvalue weighted by atomic mass is 16.5. The lowest BCUT2D eigenvalue weighted by atomic mass is 9.68. The number of nitrogens with one attached hydrogen (secondary N) is 1. The molecule has 1 spiro atoms. The first-order chi connectivity index (χ1) is 16.9. The number of aliphatic hydroxyl groups is 1. The number of hydrogen-bond acceptors (Lipinski definition) is 5. The monoisotopic (exact) mass is 476 g/mol. The van der Waals surface area contributed by atoms with E-state index in [0.29, 0.717) is 13.1 Å². The number of nitrogens with zero attached hydrogens (tertiary/aromatic N) is 3. The molecular formula is C28H36N4O3. The topological polar surface area (TPSA) is 72.0 Å². The molecule has 7 heteroatoms. The predicted molar refractivity (Wildman–Crippen MR) is 138 cm³/mol. The number of methoxy groups -OCH3 is 1. The molecule has 0 aliphatic carbocycles. The van der Waals surface area contributed by atoms with E-state index < -0.39 is 0 Å². The first-order valence-electron chi connectivity index (χ1n) is 12.5. The second kappa shape index (κ2) is 9.64. The highest BCUT2D eigenvalue weighted by molar-refractivity contribution is 5.89. The van der Waals surface area contributed by atoms with Crippen molar-refractivity contribution in [2.24, 2.45) is 0 Å². The highest BCUT2D eigenvalue weighted by Gasteiger charge is 2.48. The molecule has 2 aromatic carbocycles. The first kappa shape index (κ1) is 23.9. The number of fused-ring (bicyclic) bond motifs is 4. The van der Waals surface area contributed by atoms with Gasteiger partial charge in [-0.3, -0.25) is 9.69 Å². The molecule has 1 amide bonds. The summed E-state index contributed by atoms with van der Waals surface area (Å²) in [6.07, 6.45) is 1.94. The van der Waals surface area contributed by atoms with Crippen LogP contribution in [0, 0.1) is 0 Å². The summed E-state index contributed by atoms with van der Waals surface area (Å²) < 4.78 is 5.47. The summed E-state index contributed by atoms with van der Waals surface area (Å²) in [5.41, 5.74) is 4.44. The summed E-state index contributed by atoms with van der Waals surface area (Å²) in [5, 5.41) is 11.6. The van der Waals surface area contributed by atoms with Gasteiger partial charge in [0.25, 0.3) is 0 Å². The number of likely N-dealkylation sites (tertiary alicyclic amines) is 1. The van der Waals surface area contributed by atoms with Gasteiger partial charge in [-0.2, -0.15) is 0 Å². The van der Waals surface area contributed by atoms with E-state index in [0.717, 1.165) is 49.4 Å². The molecule has 2 aliphatic heterocycles. The zero-order valence-electron chi connectivity index (χ0n) is 21.0. The van der Waals surface area contributed by atoms with Crippen molar-refractivity contribution in [2.75, 3.05) is 54.0 Å². The quantitative estimate of drug-likeness (QED) is 0.572. The van der Waals surface area contributed by atoms with Gasteiger partial charge in [-0.05, 0) is 63.3 Å². The van der Waals surface area contributed by atoms with Gasteiger partial charge in [0, 0.05) is 41.2 Å². The maximum absolute atomic E-state index is 13.4. The molecule has 1 atom stereocenters. The van der Waals surface area contributed by atoms with Crippen LogP contribution < -0.4 is 4.74 Å². The van der Waals surface area contributed by atoms with Crippen molar-refractivity contribution in [1.82, 2.24) is 19.7 Å². The van der Waals surface area contributed by atoms with E-state index in [9.17, 15) is 9.90 Å². The van der Waals surface area contributed by atoms with Crippen LogP contribution >= 0.6 is 0 Å². The summed E-state index contributed by atoms with van der Waals surface area (Å²) in [4.78, 5) is 23.3. The van der Waals surface area contributed by atoms with Crippen molar-refractivity contribution in [2.45, 2.75) is 30.8 Å². The Morgan fingerprint density at radius 2 is 1.91 bits per heavy atom. The Bertz CT molecular complexity index is 1180. The van der Waals surface area contributed by atoms with Crippen LogP contribution in [0.15, 0.2) is 48.5 Å². The van der Waals surface area contributed by atoms with E-state index in [4.69, 9.17) is 4.74 Å². The average Bonchev–Trinajstić information content (AvgIpc) is 3.25. The Morgan fingerprint density at radius 3 is 2.57 bits per heavy atom. The number of carbonyl (C=O) groups excluding carboxylic acids is 1. The fourth-order valence-electron chi connectivity index (χ4n) is 6.02. The molecule has 2 N–H and O–H groups in total. The summed E-state index contributed by atoms with van der Waals surface area (Å²) in [7, 11) is 5.49. The van der Waals surface area contributed by atoms with Crippen molar-refractivity contribution in [3.63, 3.8) is 0 Å². The Kier molecular flexibility index (Phi) is 6.57. The van der Waals surface area contributed by atoms with Crippen LogP contribution in [0.1, 0.15) is 35.7 Å². The lowest BCUT2D eigenvalue weighted by Crippen LogP contribution is -2.56. The van der Waals surface area contributed by atoms with Gasteiger partial charge in [0.05, 0.1) is 26.3 Å². The van der Waals surface area contributed by atoms with Gasteiger partial charge in [-0.1, -0.05) is 30.3 Å². The van der Waals surface area contributed by atoms with Crippen molar-refractivity contribution in [1.29, 1.82) is 0 Å². The zero-order valence-corrected chi connectivity index (χ0v) is 21.0. The molecule has 1 aromatic heterocycles. The minimum Gasteiger partial charge on any atom is -0.497 e. The molecule has 35 heavy (non-hydrogen) atoms. The fraction of sp³-hybridized carbons (Fsp3) is 0.464. The number of likely N-dealkylation sites (N-methyl/N-ethyl adjacent to an activating group) is 1. The first-order valence-corrected chi connectivity index (χ1v) is 12.5. The minimum atomic E-state index is -0.371.